The summed E-state index contributed by atoms with van der Waals surface area (Å²) in [5.74, 6) is -1.26. The third-order valence-electron chi connectivity index (χ3n) is 4.54. The van der Waals surface area contributed by atoms with Gasteiger partial charge < -0.3 is 10.1 Å². The van der Waals surface area contributed by atoms with Gasteiger partial charge in [0.05, 0.1) is 16.9 Å². The number of halogens is 1. The molecule has 0 bridgehead atoms. The molecule has 7 nitrogen and oxygen atoms in total. The molecule has 1 aromatic heterocycles. The highest BCUT2D eigenvalue weighted by Gasteiger charge is 2.23. The first-order chi connectivity index (χ1) is 13.8. The second-order valence-corrected chi connectivity index (χ2v) is 6.92. The molecule has 1 atom stereocenters. The summed E-state index contributed by atoms with van der Waals surface area (Å²) < 4.78 is 8.31. The van der Waals surface area contributed by atoms with E-state index in [4.69, 9.17) is 16.3 Å². The van der Waals surface area contributed by atoms with E-state index in [1.54, 1.807) is 42.9 Å². The zero-order valence-electron chi connectivity index (χ0n) is 16.2. The average molecular weight is 414 g/mol. The number of nitrogens with one attached hydrogen (secondary N) is 1. The fourth-order valence-electron chi connectivity index (χ4n) is 2.81. The predicted molar refractivity (Wildman–Crippen MR) is 111 cm³/mol. The Bertz CT molecular complexity index is 1100. The number of anilines is 1. The zero-order chi connectivity index (χ0) is 21.1. The summed E-state index contributed by atoms with van der Waals surface area (Å²) in [5.41, 5.74) is 1.28. The number of esters is 1. The number of aromatic nitrogens is 2. The van der Waals surface area contributed by atoms with Gasteiger partial charge >= 0.3 is 5.97 Å². The van der Waals surface area contributed by atoms with E-state index >= 15 is 0 Å². The van der Waals surface area contributed by atoms with Gasteiger partial charge in [-0.05, 0) is 50.2 Å². The van der Waals surface area contributed by atoms with Gasteiger partial charge in [-0.2, -0.15) is 0 Å². The molecule has 0 aliphatic heterocycles. The van der Waals surface area contributed by atoms with Crippen molar-refractivity contribution in [2.75, 3.05) is 5.32 Å². The van der Waals surface area contributed by atoms with Crippen LogP contribution in [0.25, 0.3) is 5.69 Å². The number of carbonyl (C=O) groups excluding carboxylic acids is 2. The third kappa shape index (κ3) is 4.25. The molecule has 0 spiro atoms. The number of carbonyl (C=O) groups is 2. The molecular formula is C21H20ClN3O4. The Labute approximate surface area is 172 Å². The van der Waals surface area contributed by atoms with Crippen LogP contribution >= 0.6 is 11.6 Å². The molecule has 0 saturated heterocycles. The van der Waals surface area contributed by atoms with Gasteiger partial charge in [-0.3, -0.25) is 14.3 Å². The van der Waals surface area contributed by atoms with Crippen LogP contribution in [0, 0.1) is 6.92 Å². The summed E-state index contributed by atoms with van der Waals surface area (Å²) in [4.78, 5) is 37.6. The maximum atomic E-state index is 12.9. The maximum absolute atomic E-state index is 12.9. The Morgan fingerprint density at radius 2 is 1.69 bits per heavy atom. The van der Waals surface area contributed by atoms with Crippen molar-refractivity contribution < 1.29 is 14.3 Å². The lowest BCUT2D eigenvalue weighted by Crippen LogP contribution is -2.32. The van der Waals surface area contributed by atoms with Crippen molar-refractivity contribution in [3.63, 3.8) is 0 Å². The van der Waals surface area contributed by atoms with E-state index in [9.17, 15) is 14.4 Å². The van der Waals surface area contributed by atoms with Crippen LogP contribution in [-0.4, -0.2) is 27.3 Å². The SMILES string of the molecule is Cc1c(NC(=O)[C@H](C)OC(=O)c2ccc(Cl)cc2)c(=O)n(-c2ccccc2)n1C. The molecule has 2 aromatic carbocycles. The fraction of sp³-hybridized carbons (Fsp3) is 0.190. The number of para-hydroxylation sites is 1. The minimum absolute atomic E-state index is 0.135. The van der Waals surface area contributed by atoms with Crippen molar-refractivity contribution in [2.24, 2.45) is 7.05 Å². The molecule has 0 aliphatic rings. The molecule has 0 aliphatic carbocycles. The lowest BCUT2D eigenvalue weighted by molar-refractivity contribution is -0.123. The minimum Gasteiger partial charge on any atom is -0.449 e. The number of ether oxygens (including phenoxy) is 1. The first-order valence-corrected chi connectivity index (χ1v) is 9.29. The van der Waals surface area contributed by atoms with Crippen LogP contribution in [0.4, 0.5) is 5.69 Å². The molecule has 1 amide bonds. The molecule has 0 saturated carbocycles. The van der Waals surface area contributed by atoms with Crippen LogP contribution in [0.3, 0.4) is 0 Å². The highest BCUT2D eigenvalue weighted by atomic mass is 35.5. The maximum Gasteiger partial charge on any atom is 0.338 e. The molecule has 1 heterocycles. The first kappa shape index (κ1) is 20.4. The van der Waals surface area contributed by atoms with E-state index in [1.807, 2.05) is 18.2 Å². The number of benzene rings is 2. The van der Waals surface area contributed by atoms with Gasteiger partial charge in [-0.25, -0.2) is 9.48 Å². The molecule has 0 fully saturated rings. The van der Waals surface area contributed by atoms with Gasteiger partial charge in [0.1, 0.15) is 5.69 Å². The molecule has 150 valence electrons. The van der Waals surface area contributed by atoms with Gasteiger partial charge in [-0.1, -0.05) is 29.8 Å². The van der Waals surface area contributed by atoms with E-state index in [0.717, 1.165) is 0 Å². The average Bonchev–Trinajstić information content (AvgIpc) is 2.92. The number of hydrogen-bond acceptors (Lipinski definition) is 4. The summed E-state index contributed by atoms with van der Waals surface area (Å²) in [7, 11) is 1.73. The van der Waals surface area contributed by atoms with Crippen molar-refractivity contribution in [1.82, 2.24) is 9.36 Å². The second kappa shape index (κ2) is 8.36. The summed E-state index contributed by atoms with van der Waals surface area (Å²) in [6.45, 7) is 3.16. The molecule has 0 radical (unpaired) electrons. The zero-order valence-corrected chi connectivity index (χ0v) is 16.9. The predicted octanol–water partition coefficient (Wildman–Crippen LogP) is 3.32. The molecule has 3 rings (SSSR count). The molecule has 1 N–H and O–H groups in total. The smallest absolute Gasteiger partial charge is 0.338 e. The standard InChI is InChI=1S/C21H20ClN3O4/c1-13-18(20(27)25(24(13)3)17-7-5-4-6-8-17)23-19(26)14(2)29-21(28)15-9-11-16(22)12-10-15/h4-12,14H,1-3H3,(H,23,26)/t14-/m0/s1. The van der Waals surface area contributed by atoms with Crippen LogP contribution in [0.15, 0.2) is 59.4 Å². The van der Waals surface area contributed by atoms with Gasteiger partial charge in [0.15, 0.2) is 6.10 Å². The number of hydrogen-bond donors (Lipinski definition) is 1. The summed E-state index contributed by atoms with van der Waals surface area (Å²) in [6.07, 6.45) is -1.10. The normalized spacial score (nSPS) is 11.7. The first-order valence-electron chi connectivity index (χ1n) is 8.91. The van der Waals surface area contributed by atoms with Crippen molar-refractivity contribution in [3.8, 4) is 5.69 Å². The van der Waals surface area contributed by atoms with Crippen LogP contribution in [-0.2, 0) is 16.6 Å². The quantitative estimate of drug-likeness (QED) is 0.650. The Kier molecular flexibility index (Phi) is 5.89. The van der Waals surface area contributed by atoms with Crippen LogP contribution < -0.4 is 10.9 Å². The number of nitrogens with zero attached hydrogens (tertiary/aromatic N) is 2. The largest absolute Gasteiger partial charge is 0.449 e. The summed E-state index contributed by atoms with van der Waals surface area (Å²) in [6, 6.07) is 15.2. The summed E-state index contributed by atoms with van der Waals surface area (Å²) >= 11 is 5.80. The third-order valence-corrected chi connectivity index (χ3v) is 4.79. The van der Waals surface area contributed by atoms with Crippen molar-refractivity contribution in [2.45, 2.75) is 20.0 Å². The van der Waals surface area contributed by atoms with Crippen molar-refractivity contribution >= 4 is 29.2 Å². The van der Waals surface area contributed by atoms with Gasteiger partial charge in [-0.15, -0.1) is 0 Å². The lowest BCUT2D eigenvalue weighted by Gasteiger charge is -2.13. The van der Waals surface area contributed by atoms with Gasteiger partial charge in [0.2, 0.25) is 0 Å². The second-order valence-electron chi connectivity index (χ2n) is 6.48. The van der Waals surface area contributed by atoms with E-state index in [2.05, 4.69) is 5.32 Å². The van der Waals surface area contributed by atoms with Crippen LogP contribution in [0.5, 0.6) is 0 Å². The van der Waals surface area contributed by atoms with E-state index in [1.165, 1.54) is 23.7 Å². The van der Waals surface area contributed by atoms with Crippen LogP contribution in [0.2, 0.25) is 5.02 Å². The Morgan fingerprint density at radius 3 is 2.31 bits per heavy atom. The highest BCUT2D eigenvalue weighted by Crippen LogP contribution is 2.15. The minimum atomic E-state index is -1.10. The monoisotopic (exact) mass is 413 g/mol. The van der Waals surface area contributed by atoms with Crippen molar-refractivity contribution in [1.29, 1.82) is 0 Å². The van der Waals surface area contributed by atoms with Crippen LogP contribution in [0.1, 0.15) is 23.0 Å². The summed E-state index contributed by atoms with van der Waals surface area (Å²) in [5, 5.41) is 3.07. The number of amides is 1. The topological polar surface area (TPSA) is 82.3 Å². The van der Waals surface area contributed by atoms with E-state index in [-0.39, 0.29) is 16.8 Å². The van der Waals surface area contributed by atoms with Crippen molar-refractivity contribution in [3.05, 3.63) is 81.2 Å². The molecular weight excluding hydrogens is 394 g/mol. The lowest BCUT2D eigenvalue weighted by atomic mass is 10.2. The highest BCUT2D eigenvalue weighted by molar-refractivity contribution is 6.30. The van der Waals surface area contributed by atoms with Gasteiger partial charge in [0, 0.05) is 12.1 Å². The Morgan fingerprint density at radius 1 is 1.07 bits per heavy atom. The van der Waals surface area contributed by atoms with E-state index < -0.39 is 18.0 Å². The molecule has 0 unspecified atom stereocenters. The van der Waals surface area contributed by atoms with E-state index in [0.29, 0.717) is 16.4 Å². The fourth-order valence-corrected chi connectivity index (χ4v) is 2.93. The Balaban J connectivity index is 1.77. The molecule has 29 heavy (non-hydrogen) atoms. The van der Waals surface area contributed by atoms with Gasteiger partial charge in [0.25, 0.3) is 11.5 Å². The molecule has 3 aromatic rings. The Hall–Kier alpha value is -3.32. The molecule has 8 heteroatoms. The number of rotatable bonds is 5.